The van der Waals surface area contributed by atoms with Crippen molar-refractivity contribution >= 4 is 16.0 Å². The van der Waals surface area contributed by atoms with Crippen molar-refractivity contribution in [2.75, 3.05) is 19.4 Å². The summed E-state index contributed by atoms with van der Waals surface area (Å²) in [5.41, 5.74) is 5.87. The summed E-state index contributed by atoms with van der Waals surface area (Å²) in [7, 11) is -2.04. The van der Waals surface area contributed by atoms with Gasteiger partial charge in [0.15, 0.2) is 0 Å². The maximum absolute atomic E-state index is 12.3. The van der Waals surface area contributed by atoms with E-state index in [1.54, 1.807) is 0 Å². The number of carbonyl (C=O) groups excluding carboxylic acids is 1. The molecule has 2 unspecified atom stereocenters. The molecule has 1 heterocycles. The Morgan fingerprint density at radius 1 is 1.47 bits per heavy atom. The van der Waals surface area contributed by atoms with Gasteiger partial charge in [0.1, 0.15) is 0 Å². The number of methoxy groups -OCH3 is 1. The molecule has 0 bridgehead atoms. The molecule has 2 N–H and O–H groups in total. The van der Waals surface area contributed by atoms with Crippen LogP contribution in [0.3, 0.4) is 0 Å². The molecule has 0 aromatic carbocycles. The highest BCUT2D eigenvalue weighted by Gasteiger charge is 2.33. The first-order valence-electron chi connectivity index (χ1n) is 6.70. The van der Waals surface area contributed by atoms with Crippen LogP contribution >= 0.6 is 0 Å². The smallest absolute Gasteiger partial charge is 0.305 e. The van der Waals surface area contributed by atoms with Crippen LogP contribution in [0.4, 0.5) is 0 Å². The Balaban J connectivity index is 2.61. The van der Waals surface area contributed by atoms with Gasteiger partial charge in [0, 0.05) is 25.0 Å². The summed E-state index contributed by atoms with van der Waals surface area (Å²) < 4.78 is 30.6. The predicted molar refractivity (Wildman–Crippen MR) is 73.0 cm³/mol. The largest absolute Gasteiger partial charge is 0.469 e. The van der Waals surface area contributed by atoms with Crippen molar-refractivity contribution in [3.8, 4) is 0 Å². The highest BCUT2D eigenvalue weighted by molar-refractivity contribution is 7.89. The standard InChI is InChI=1S/C12H24N2O4S/c1-10(13)11-6-3-4-8-14(11)19(16,17)9-5-7-12(15)18-2/h10-11H,3-9,13H2,1-2H3. The highest BCUT2D eigenvalue weighted by atomic mass is 32.2. The van der Waals surface area contributed by atoms with Crippen molar-refractivity contribution in [1.82, 2.24) is 4.31 Å². The minimum Gasteiger partial charge on any atom is -0.469 e. The van der Waals surface area contributed by atoms with Crippen molar-refractivity contribution in [1.29, 1.82) is 0 Å². The lowest BCUT2D eigenvalue weighted by atomic mass is 10.00. The lowest BCUT2D eigenvalue weighted by molar-refractivity contribution is -0.140. The summed E-state index contributed by atoms with van der Waals surface area (Å²) in [5.74, 6) is -0.400. The molecule has 1 saturated heterocycles. The summed E-state index contributed by atoms with van der Waals surface area (Å²) in [5, 5.41) is 0. The lowest BCUT2D eigenvalue weighted by Gasteiger charge is -2.36. The zero-order valence-electron chi connectivity index (χ0n) is 11.7. The minimum absolute atomic E-state index is 0.0225. The predicted octanol–water partition coefficient (Wildman–Crippen LogP) is 0.471. The van der Waals surface area contributed by atoms with Gasteiger partial charge in [0.05, 0.1) is 12.9 Å². The molecule has 1 fully saturated rings. The van der Waals surface area contributed by atoms with Crippen LogP contribution in [-0.2, 0) is 19.6 Å². The SMILES string of the molecule is COC(=O)CCCS(=O)(=O)N1CCCCC1C(C)N. The monoisotopic (exact) mass is 292 g/mol. The van der Waals surface area contributed by atoms with Gasteiger partial charge in [-0.05, 0) is 26.2 Å². The van der Waals surface area contributed by atoms with E-state index in [0.717, 1.165) is 19.3 Å². The molecular weight excluding hydrogens is 268 g/mol. The van der Waals surface area contributed by atoms with E-state index in [1.165, 1.54) is 11.4 Å². The Hall–Kier alpha value is -0.660. The van der Waals surface area contributed by atoms with Gasteiger partial charge in [-0.2, -0.15) is 4.31 Å². The van der Waals surface area contributed by atoms with Crippen LogP contribution in [-0.4, -0.2) is 50.2 Å². The van der Waals surface area contributed by atoms with Crippen LogP contribution in [0.25, 0.3) is 0 Å². The fourth-order valence-corrected chi connectivity index (χ4v) is 4.28. The molecule has 19 heavy (non-hydrogen) atoms. The zero-order valence-corrected chi connectivity index (χ0v) is 12.5. The number of sulfonamides is 1. The summed E-state index contributed by atoms with van der Waals surface area (Å²) in [6.45, 7) is 2.37. The van der Waals surface area contributed by atoms with E-state index in [-0.39, 0.29) is 36.6 Å². The van der Waals surface area contributed by atoms with Crippen LogP contribution in [0.5, 0.6) is 0 Å². The molecule has 0 aromatic heterocycles. The Bertz CT molecular complexity index is 395. The van der Waals surface area contributed by atoms with Crippen LogP contribution < -0.4 is 5.73 Å². The first-order valence-corrected chi connectivity index (χ1v) is 8.31. The third-order valence-electron chi connectivity index (χ3n) is 3.47. The van der Waals surface area contributed by atoms with Gasteiger partial charge in [0.25, 0.3) is 0 Å². The molecule has 1 aliphatic heterocycles. The van der Waals surface area contributed by atoms with Crippen LogP contribution in [0, 0.1) is 0 Å². The molecule has 1 aliphatic rings. The quantitative estimate of drug-likeness (QED) is 0.719. The zero-order chi connectivity index (χ0) is 14.5. The Kier molecular flexibility index (Phi) is 6.22. The molecular formula is C12H24N2O4S. The number of hydrogen-bond acceptors (Lipinski definition) is 5. The second-order valence-corrected chi connectivity index (χ2v) is 7.07. The van der Waals surface area contributed by atoms with Crippen LogP contribution in [0.1, 0.15) is 39.0 Å². The van der Waals surface area contributed by atoms with Gasteiger partial charge < -0.3 is 10.5 Å². The Labute approximate surface area is 115 Å². The van der Waals surface area contributed by atoms with Gasteiger partial charge >= 0.3 is 5.97 Å². The third-order valence-corrected chi connectivity index (χ3v) is 5.45. The van der Waals surface area contributed by atoms with E-state index in [4.69, 9.17) is 5.73 Å². The average molecular weight is 292 g/mol. The molecule has 6 nitrogen and oxygen atoms in total. The topological polar surface area (TPSA) is 89.7 Å². The Morgan fingerprint density at radius 3 is 2.74 bits per heavy atom. The number of hydrogen-bond donors (Lipinski definition) is 1. The number of rotatable bonds is 6. The normalized spacial score (nSPS) is 23.0. The third kappa shape index (κ3) is 4.74. The Morgan fingerprint density at radius 2 is 2.16 bits per heavy atom. The molecule has 0 aromatic rings. The number of ether oxygens (including phenoxy) is 1. The number of nitrogens with two attached hydrogens (primary N) is 1. The van der Waals surface area contributed by atoms with E-state index < -0.39 is 10.0 Å². The second-order valence-electron chi connectivity index (χ2n) is 5.03. The number of nitrogens with zero attached hydrogens (tertiary/aromatic N) is 1. The molecule has 0 aliphatic carbocycles. The maximum Gasteiger partial charge on any atom is 0.305 e. The number of carbonyl (C=O) groups is 1. The van der Waals surface area contributed by atoms with Gasteiger partial charge in [-0.25, -0.2) is 8.42 Å². The number of piperidine rings is 1. The summed E-state index contributed by atoms with van der Waals surface area (Å²) >= 11 is 0. The van der Waals surface area contributed by atoms with E-state index in [9.17, 15) is 13.2 Å². The average Bonchev–Trinajstić information content (AvgIpc) is 2.38. The lowest BCUT2D eigenvalue weighted by Crippen LogP contribution is -2.52. The molecule has 0 spiro atoms. The van der Waals surface area contributed by atoms with E-state index in [1.807, 2.05) is 6.92 Å². The molecule has 112 valence electrons. The first kappa shape index (κ1) is 16.4. The summed E-state index contributed by atoms with van der Waals surface area (Å²) in [4.78, 5) is 11.0. The van der Waals surface area contributed by atoms with Crippen molar-refractivity contribution in [2.45, 2.75) is 51.1 Å². The van der Waals surface area contributed by atoms with E-state index in [2.05, 4.69) is 4.74 Å². The van der Waals surface area contributed by atoms with Crippen molar-refractivity contribution < 1.29 is 17.9 Å². The molecule has 1 rings (SSSR count). The first-order chi connectivity index (χ1) is 8.88. The molecule has 0 amide bonds. The molecule has 0 radical (unpaired) electrons. The number of esters is 1. The van der Waals surface area contributed by atoms with Gasteiger partial charge in [0.2, 0.25) is 10.0 Å². The maximum atomic E-state index is 12.3. The molecule has 0 saturated carbocycles. The molecule has 7 heteroatoms. The van der Waals surface area contributed by atoms with Crippen molar-refractivity contribution in [3.05, 3.63) is 0 Å². The second kappa shape index (κ2) is 7.21. The van der Waals surface area contributed by atoms with Crippen LogP contribution in [0.15, 0.2) is 0 Å². The van der Waals surface area contributed by atoms with Crippen molar-refractivity contribution in [2.24, 2.45) is 5.73 Å². The summed E-state index contributed by atoms with van der Waals surface area (Å²) in [6, 6.07) is -0.285. The molecule has 2 atom stereocenters. The highest BCUT2D eigenvalue weighted by Crippen LogP contribution is 2.23. The fourth-order valence-electron chi connectivity index (χ4n) is 2.42. The van der Waals surface area contributed by atoms with Gasteiger partial charge in [-0.3, -0.25) is 4.79 Å². The van der Waals surface area contributed by atoms with Gasteiger partial charge in [-0.15, -0.1) is 0 Å². The van der Waals surface area contributed by atoms with E-state index >= 15 is 0 Å². The van der Waals surface area contributed by atoms with Crippen molar-refractivity contribution in [3.63, 3.8) is 0 Å². The van der Waals surface area contributed by atoms with Crippen LogP contribution in [0.2, 0.25) is 0 Å². The minimum atomic E-state index is -3.34. The summed E-state index contributed by atoms with van der Waals surface area (Å²) in [6.07, 6.45) is 3.12. The van der Waals surface area contributed by atoms with Gasteiger partial charge in [-0.1, -0.05) is 6.42 Å². The fraction of sp³-hybridized carbons (Fsp3) is 0.917. The van der Waals surface area contributed by atoms with E-state index in [0.29, 0.717) is 6.54 Å².